The Balaban J connectivity index is 2.81. The minimum Gasteiger partial charge on any atom is -0.481 e. The molecule has 0 spiro atoms. The van der Waals surface area contributed by atoms with E-state index in [2.05, 4.69) is 16.0 Å². The minimum atomic E-state index is -1.65. The van der Waals surface area contributed by atoms with Crippen LogP contribution in [0.1, 0.15) is 31.2 Å². The van der Waals surface area contributed by atoms with E-state index in [9.17, 15) is 34.2 Å². The molecule has 0 saturated heterocycles. The predicted octanol–water partition coefficient (Wildman–Crippen LogP) is -2.31. The van der Waals surface area contributed by atoms with Crippen molar-refractivity contribution in [1.82, 2.24) is 16.0 Å². The van der Waals surface area contributed by atoms with Crippen molar-refractivity contribution in [1.29, 1.82) is 0 Å². The van der Waals surface area contributed by atoms with Crippen LogP contribution in [0.15, 0.2) is 30.3 Å². The largest absolute Gasteiger partial charge is 0.481 e. The summed E-state index contributed by atoms with van der Waals surface area (Å²) in [6, 6.07) is 3.33. The van der Waals surface area contributed by atoms with Crippen LogP contribution in [0.5, 0.6) is 0 Å². The maximum Gasteiger partial charge on any atom is 0.326 e. The lowest BCUT2D eigenvalue weighted by molar-refractivity contribution is -0.144. The van der Waals surface area contributed by atoms with E-state index in [4.69, 9.17) is 16.6 Å². The van der Waals surface area contributed by atoms with Gasteiger partial charge in [0.15, 0.2) is 0 Å². The van der Waals surface area contributed by atoms with Crippen molar-refractivity contribution >= 4 is 29.7 Å². The Hall–Kier alpha value is -3.55. The summed E-state index contributed by atoms with van der Waals surface area (Å²) >= 11 is 0. The molecule has 0 aromatic heterocycles. The number of benzene rings is 1. The van der Waals surface area contributed by atoms with Crippen molar-refractivity contribution < 1.29 is 39.3 Å². The Bertz CT molecular complexity index is 867. The third kappa shape index (κ3) is 10.9. The van der Waals surface area contributed by atoms with Crippen LogP contribution >= 0.6 is 0 Å². The van der Waals surface area contributed by atoms with E-state index >= 15 is 0 Å². The van der Waals surface area contributed by atoms with Crippen molar-refractivity contribution in [2.75, 3.05) is 13.2 Å². The number of unbranched alkanes of at least 4 members (excludes halogenated alkanes) is 1. The molecule has 194 valence electrons. The van der Waals surface area contributed by atoms with Crippen molar-refractivity contribution in [3.8, 4) is 0 Å². The smallest absolute Gasteiger partial charge is 0.326 e. The summed E-state index contributed by atoms with van der Waals surface area (Å²) in [6.07, 6.45) is 0.301. The molecule has 0 aliphatic carbocycles. The third-order valence-electron chi connectivity index (χ3n) is 5.02. The van der Waals surface area contributed by atoms with Gasteiger partial charge in [-0.2, -0.15) is 0 Å². The van der Waals surface area contributed by atoms with Gasteiger partial charge in [-0.1, -0.05) is 30.3 Å². The van der Waals surface area contributed by atoms with Crippen LogP contribution in [-0.2, 0) is 30.4 Å². The Morgan fingerprint density at radius 1 is 0.829 bits per heavy atom. The number of carboxylic acid groups (broad SMARTS) is 2. The van der Waals surface area contributed by atoms with Crippen molar-refractivity contribution in [3.63, 3.8) is 0 Å². The number of carbonyl (C=O) groups is 5. The standard InChI is InChI=1S/C22H33N5O8/c23-9-5-4-8-15(22(34)35)25-20(32)16(11-18(29)30)26-21(33)17(12-28)27-19(31)14(24)10-13-6-2-1-3-7-13/h1-3,6-7,14-17,28H,4-5,8-12,23-24H2,(H,25,32)(H,26,33)(H,27,31)(H,29,30)(H,34,35)/t14-,15-,16-,17-/m0/s1. The zero-order chi connectivity index (χ0) is 26.4. The molecule has 0 bridgehead atoms. The first-order valence-corrected chi connectivity index (χ1v) is 11.0. The van der Waals surface area contributed by atoms with Crippen LogP contribution in [-0.4, -0.2) is 82.3 Å². The topological polar surface area (TPSA) is 234 Å². The lowest BCUT2D eigenvalue weighted by atomic mass is 10.1. The van der Waals surface area contributed by atoms with Gasteiger partial charge in [-0.3, -0.25) is 19.2 Å². The Kier molecular flexibility index (Phi) is 12.9. The van der Waals surface area contributed by atoms with Gasteiger partial charge in [0.1, 0.15) is 18.1 Å². The number of aliphatic carboxylic acids is 2. The van der Waals surface area contributed by atoms with Gasteiger partial charge < -0.3 is 42.7 Å². The van der Waals surface area contributed by atoms with Gasteiger partial charge >= 0.3 is 11.9 Å². The summed E-state index contributed by atoms with van der Waals surface area (Å²) in [5, 5.41) is 34.6. The molecule has 13 heteroatoms. The second-order valence-electron chi connectivity index (χ2n) is 7.88. The van der Waals surface area contributed by atoms with Gasteiger partial charge in [0.2, 0.25) is 17.7 Å². The summed E-state index contributed by atoms with van der Waals surface area (Å²) in [7, 11) is 0. The van der Waals surface area contributed by atoms with E-state index in [-0.39, 0.29) is 12.8 Å². The molecule has 35 heavy (non-hydrogen) atoms. The number of hydrogen-bond acceptors (Lipinski definition) is 8. The van der Waals surface area contributed by atoms with Crippen LogP contribution in [0.25, 0.3) is 0 Å². The molecule has 13 nitrogen and oxygen atoms in total. The van der Waals surface area contributed by atoms with E-state index in [1.165, 1.54) is 0 Å². The second kappa shape index (κ2) is 15.4. The molecule has 0 heterocycles. The summed E-state index contributed by atoms with van der Waals surface area (Å²) in [5.74, 6) is -5.58. The third-order valence-corrected chi connectivity index (χ3v) is 5.02. The molecule has 0 fully saturated rings. The number of carbonyl (C=O) groups excluding carboxylic acids is 3. The van der Waals surface area contributed by atoms with Crippen LogP contribution in [0.4, 0.5) is 0 Å². The number of rotatable bonds is 16. The SMILES string of the molecule is NCCCC[C@H](NC(=O)[C@H](CC(=O)O)NC(=O)[C@H](CO)NC(=O)[C@@H](N)Cc1ccccc1)C(=O)O. The first-order valence-electron chi connectivity index (χ1n) is 11.0. The van der Waals surface area contributed by atoms with Gasteiger partial charge in [0, 0.05) is 0 Å². The molecule has 0 radical (unpaired) electrons. The number of nitrogens with two attached hydrogens (primary N) is 2. The number of aliphatic hydroxyl groups excluding tert-OH is 1. The maximum absolute atomic E-state index is 12.6. The van der Waals surface area contributed by atoms with Crippen LogP contribution in [0.2, 0.25) is 0 Å². The number of amides is 3. The Morgan fingerprint density at radius 2 is 1.40 bits per heavy atom. The molecule has 0 aliphatic rings. The predicted molar refractivity (Wildman–Crippen MR) is 124 cm³/mol. The van der Waals surface area contributed by atoms with Gasteiger partial charge in [0.25, 0.3) is 0 Å². The number of carboxylic acids is 2. The zero-order valence-corrected chi connectivity index (χ0v) is 19.2. The average Bonchev–Trinajstić information content (AvgIpc) is 2.81. The molecule has 1 aromatic rings. The van der Waals surface area contributed by atoms with Gasteiger partial charge in [-0.15, -0.1) is 0 Å². The van der Waals surface area contributed by atoms with E-state index in [1.807, 2.05) is 0 Å². The van der Waals surface area contributed by atoms with Crippen LogP contribution < -0.4 is 27.4 Å². The fourth-order valence-corrected chi connectivity index (χ4v) is 3.11. The van der Waals surface area contributed by atoms with E-state index in [1.54, 1.807) is 30.3 Å². The first kappa shape index (κ1) is 29.5. The van der Waals surface area contributed by atoms with Gasteiger partial charge in [-0.25, -0.2) is 4.79 Å². The quantitative estimate of drug-likeness (QED) is 0.114. The highest BCUT2D eigenvalue weighted by atomic mass is 16.4. The molecular weight excluding hydrogens is 462 g/mol. The number of hydrogen-bond donors (Lipinski definition) is 8. The normalized spacial score (nSPS) is 14.1. The van der Waals surface area contributed by atoms with Crippen LogP contribution in [0, 0.1) is 0 Å². The molecule has 0 saturated carbocycles. The van der Waals surface area contributed by atoms with Crippen molar-refractivity contribution in [2.45, 2.75) is 56.3 Å². The Morgan fingerprint density at radius 3 is 1.94 bits per heavy atom. The molecule has 3 amide bonds. The van der Waals surface area contributed by atoms with Crippen molar-refractivity contribution in [3.05, 3.63) is 35.9 Å². The Labute approximate surface area is 202 Å². The highest BCUT2D eigenvalue weighted by molar-refractivity contribution is 5.95. The van der Waals surface area contributed by atoms with E-state index in [0.29, 0.717) is 19.4 Å². The molecule has 1 aromatic carbocycles. The highest BCUT2D eigenvalue weighted by Gasteiger charge is 2.31. The lowest BCUT2D eigenvalue weighted by Gasteiger charge is -2.23. The summed E-state index contributed by atoms with van der Waals surface area (Å²) in [5.41, 5.74) is 12.0. The summed E-state index contributed by atoms with van der Waals surface area (Å²) < 4.78 is 0. The van der Waals surface area contributed by atoms with Gasteiger partial charge in [-0.05, 0) is 37.8 Å². The van der Waals surface area contributed by atoms with Gasteiger partial charge in [0.05, 0.1) is 19.1 Å². The average molecular weight is 496 g/mol. The summed E-state index contributed by atoms with van der Waals surface area (Å²) in [6.45, 7) is -0.519. The number of nitrogens with one attached hydrogen (secondary N) is 3. The second-order valence-corrected chi connectivity index (χ2v) is 7.88. The number of aliphatic hydroxyl groups is 1. The molecule has 0 aliphatic heterocycles. The van der Waals surface area contributed by atoms with Crippen molar-refractivity contribution in [2.24, 2.45) is 11.5 Å². The molecule has 10 N–H and O–H groups in total. The molecule has 1 rings (SSSR count). The zero-order valence-electron chi connectivity index (χ0n) is 19.2. The summed E-state index contributed by atoms with van der Waals surface area (Å²) in [4.78, 5) is 60.2. The van der Waals surface area contributed by atoms with E-state index in [0.717, 1.165) is 5.56 Å². The molecule has 4 atom stereocenters. The molecule has 0 unspecified atom stereocenters. The van der Waals surface area contributed by atoms with E-state index < -0.39 is 66.9 Å². The fourth-order valence-electron chi connectivity index (χ4n) is 3.11. The first-order chi connectivity index (χ1) is 16.6. The maximum atomic E-state index is 12.6. The van der Waals surface area contributed by atoms with Crippen LogP contribution in [0.3, 0.4) is 0 Å². The minimum absolute atomic E-state index is 0.0562. The highest BCUT2D eigenvalue weighted by Crippen LogP contribution is 2.04. The monoisotopic (exact) mass is 495 g/mol. The fraction of sp³-hybridized carbons (Fsp3) is 0.500. The lowest BCUT2D eigenvalue weighted by Crippen LogP contribution is -2.58. The molecular formula is C22H33N5O8.